The maximum Gasteiger partial charge on any atom is 0.387 e. The molecule has 43 heavy (non-hydrogen) atoms. The minimum Gasteiger partial charge on any atom is -0.489 e. The van der Waals surface area contributed by atoms with Gasteiger partial charge >= 0.3 is 6.61 Å². The molecule has 0 spiro atoms. The first-order chi connectivity index (χ1) is 20.7. The summed E-state index contributed by atoms with van der Waals surface area (Å²) in [7, 11) is 1.61. The maximum atomic E-state index is 13.3. The zero-order valence-electron chi connectivity index (χ0n) is 23.9. The van der Waals surface area contributed by atoms with Gasteiger partial charge in [0.15, 0.2) is 11.5 Å². The van der Waals surface area contributed by atoms with Crippen molar-refractivity contribution in [2.75, 3.05) is 25.1 Å². The summed E-state index contributed by atoms with van der Waals surface area (Å²) in [5, 5.41) is 2.85. The van der Waals surface area contributed by atoms with Gasteiger partial charge in [0.25, 0.3) is 5.91 Å². The highest BCUT2D eigenvalue weighted by atomic mass is 19.3. The lowest BCUT2D eigenvalue weighted by Gasteiger charge is -2.22. The van der Waals surface area contributed by atoms with E-state index in [1.54, 1.807) is 61.8 Å². The van der Waals surface area contributed by atoms with Crippen molar-refractivity contribution in [3.63, 3.8) is 0 Å². The number of hydrogen-bond acceptors (Lipinski definition) is 7. The van der Waals surface area contributed by atoms with Crippen molar-refractivity contribution < 1.29 is 32.6 Å². The molecule has 226 valence electrons. The van der Waals surface area contributed by atoms with Crippen LogP contribution >= 0.6 is 0 Å². The summed E-state index contributed by atoms with van der Waals surface area (Å²) in [6.45, 7) is -0.831. The number of amides is 3. The fourth-order valence-corrected chi connectivity index (χ4v) is 5.07. The van der Waals surface area contributed by atoms with Crippen molar-refractivity contribution in [3.8, 4) is 11.5 Å². The Labute approximate surface area is 248 Å². The Morgan fingerprint density at radius 1 is 1.09 bits per heavy atom. The minimum atomic E-state index is -2.99. The highest BCUT2D eigenvalue weighted by molar-refractivity contribution is 6.03. The van der Waals surface area contributed by atoms with Crippen molar-refractivity contribution >= 4 is 23.5 Å². The monoisotopic (exact) mass is 593 g/mol. The van der Waals surface area contributed by atoms with Crippen LogP contribution in [-0.2, 0) is 16.1 Å². The van der Waals surface area contributed by atoms with E-state index in [9.17, 15) is 23.2 Å². The molecule has 0 radical (unpaired) electrons. The largest absolute Gasteiger partial charge is 0.489 e. The van der Waals surface area contributed by atoms with Crippen LogP contribution in [0.1, 0.15) is 53.8 Å². The summed E-state index contributed by atoms with van der Waals surface area (Å²) in [6.07, 6.45) is 4.00. The smallest absolute Gasteiger partial charge is 0.387 e. The number of aromatic nitrogens is 2. The van der Waals surface area contributed by atoms with Gasteiger partial charge in [0, 0.05) is 32.6 Å². The van der Waals surface area contributed by atoms with Gasteiger partial charge in [-0.1, -0.05) is 18.2 Å². The van der Waals surface area contributed by atoms with Crippen molar-refractivity contribution in [3.05, 3.63) is 77.7 Å². The average molecular weight is 594 g/mol. The molecule has 2 fully saturated rings. The predicted molar refractivity (Wildman–Crippen MR) is 153 cm³/mol. The van der Waals surface area contributed by atoms with Gasteiger partial charge in [0.05, 0.1) is 18.8 Å². The molecule has 1 N–H and O–H groups in total. The van der Waals surface area contributed by atoms with Crippen LogP contribution in [0, 0.1) is 5.92 Å². The van der Waals surface area contributed by atoms with Gasteiger partial charge in [-0.05, 0) is 67.1 Å². The lowest BCUT2D eigenvalue weighted by Crippen LogP contribution is -2.45. The number of pyridine rings is 2. The van der Waals surface area contributed by atoms with Crippen LogP contribution in [0.25, 0.3) is 0 Å². The standard InChI is InChI=1S/C31H33F2N5O5/c1-19(39)38-17-22(21-11-12-26(43-31(32)33)27(15-21)42-18-20-9-10-20)14-25(38)29(40)35-16-23-6-5-7-24(36-23)30(41)37(2)28-8-3-4-13-34-28/h3-8,11-13,15,20,22,25,31H,9-10,14,16-18H2,1-2H3,(H,35,40)/t22?,25-/m1/s1. The summed E-state index contributed by atoms with van der Waals surface area (Å²) in [6, 6.07) is 14.3. The van der Waals surface area contributed by atoms with Gasteiger partial charge in [0.2, 0.25) is 11.8 Å². The number of carbonyl (C=O) groups excluding carboxylic acids is 3. The van der Waals surface area contributed by atoms with E-state index in [4.69, 9.17) is 4.74 Å². The number of benzene rings is 1. The van der Waals surface area contributed by atoms with Crippen LogP contribution < -0.4 is 19.7 Å². The Morgan fingerprint density at radius 2 is 1.91 bits per heavy atom. The predicted octanol–water partition coefficient (Wildman–Crippen LogP) is 4.16. The molecule has 3 heterocycles. The van der Waals surface area contributed by atoms with Gasteiger partial charge in [-0.3, -0.25) is 19.3 Å². The third-order valence-corrected chi connectivity index (χ3v) is 7.60. The second kappa shape index (κ2) is 13.1. The summed E-state index contributed by atoms with van der Waals surface area (Å²) < 4.78 is 36.4. The average Bonchev–Trinajstić information content (AvgIpc) is 3.73. The molecule has 5 rings (SSSR count). The van der Waals surface area contributed by atoms with E-state index in [1.807, 2.05) is 0 Å². The van der Waals surface area contributed by atoms with Crippen molar-refractivity contribution in [1.82, 2.24) is 20.2 Å². The number of carbonyl (C=O) groups is 3. The molecule has 2 atom stereocenters. The number of nitrogens with one attached hydrogen (secondary N) is 1. The van der Waals surface area contributed by atoms with Crippen LogP contribution in [0.4, 0.5) is 14.6 Å². The molecule has 1 aromatic carbocycles. The van der Waals surface area contributed by atoms with Gasteiger partial charge in [-0.15, -0.1) is 0 Å². The van der Waals surface area contributed by atoms with E-state index in [0.717, 1.165) is 18.4 Å². The molecule has 2 aliphatic rings. The first-order valence-electron chi connectivity index (χ1n) is 14.1. The minimum absolute atomic E-state index is 0.0467. The van der Waals surface area contributed by atoms with E-state index >= 15 is 0 Å². The van der Waals surface area contributed by atoms with Gasteiger partial charge < -0.3 is 19.7 Å². The number of likely N-dealkylation sites (tertiary alicyclic amines) is 1. The molecule has 1 aliphatic heterocycles. The molecular formula is C31H33F2N5O5. The SMILES string of the molecule is CC(=O)N1CC(c2ccc(OC(F)F)c(OCC3CC3)c2)C[C@@H]1C(=O)NCc1cccc(C(=O)N(C)c2ccccn2)n1. The van der Waals surface area contributed by atoms with E-state index in [0.29, 0.717) is 30.5 Å². The fraction of sp³-hybridized carbons (Fsp3) is 0.387. The second-order valence-electron chi connectivity index (χ2n) is 10.7. The van der Waals surface area contributed by atoms with Crippen molar-refractivity contribution in [2.45, 2.75) is 51.3 Å². The quantitative estimate of drug-likeness (QED) is 0.355. The zero-order chi connectivity index (χ0) is 30.5. The number of alkyl halides is 2. The molecule has 0 bridgehead atoms. The van der Waals surface area contributed by atoms with Crippen LogP contribution in [0.15, 0.2) is 60.8 Å². The molecule has 1 saturated heterocycles. The number of rotatable bonds is 11. The summed E-state index contributed by atoms with van der Waals surface area (Å²) in [5.41, 5.74) is 1.44. The lowest BCUT2D eigenvalue weighted by atomic mass is 9.95. The molecule has 10 nitrogen and oxygen atoms in total. The lowest BCUT2D eigenvalue weighted by molar-refractivity contribution is -0.136. The number of nitrogens with zero attached hydrogens (tertiary/aromatic N) is 4. The Bertz CT molecular complexity index is 1470. The van der Waals surface area contributed by atoms with Crippen LogP contribution in [0.3, 0.4) is 0 Å². The fourth-order valence-electron chi connectivity index (χ4n) is 5.07. The van der Waals surface area contributed by atoms with E-state index in [-0.39, 0.29) is 53.9 Å². The summed E-state index contributed by atoms with van der Waals surface area (Å²) in [5.74, 6) is -0.116. The van der Waals surface area contributed by atoms with E-state index in [1.165, 1.54) is 22.8 Å². The zero-order valence-corrected chi connectivity index (χ0v) is 23.9. The Hall–Kier alpha value is -4.61. The van der Waals surface area contributed by atoms with Gasteiger partial charge in [-0.25, -0.2) is 9.97 Å². The number of anilines is 1. The van der Waals surface area contributed by atoms with Crippen molar-refractivity contribution in [2.24, 2.45) is 5.92 Å². The number of hydrogen-bond donors (Lipinski definition) is 1. The van der Waals surface area contributed by atoms with E-state index < -0.39 is 12.7 Å². The molecule has 3 aromatic rings. The molecule has 2 aromatic heterocycles. The van der Waals surface area contributed by atoms with E-state index in [2.05, 4.69) is 20.0 Å². The topological polar surface area (TPSA) is 114 Å². The summed E-state index contributed by atoms with van der Waals surface area (Å²) >= 11 is 0. The first kappa shape index (κ1) is 29.9. The normalized spacial score (nSPS) is 17.9. The third kappa shape index (κ3) is 7.43. The second-order valence-corrected chi connectivity index (χ2v) is 10.7. The van der Waals surface area contributed by atoms with Crippen molar-refractivity contribution in [1.29, 1.82) is 0 Å². The van der Waals surface area contributed by atoms with Crippen LogP contribution in [-0.4, -0.2) is 65.4 Å². The molecular weight excluding hydrogens is 560 g/mol. The molecule has 3 amide bonds. The highest BCUT2D eigenvalue weighted by Gasteiger charge is 2.39. The molecule has 1 saturated carbocycles. The van der Waals surface area contributed by atoms with Crippen LogP contribution in [0.2, 0.25) is 0 Å². The number of ether oxygens (including phenoxy) is 2. The molecule has 12 heteroatoms. The Kier molecular flexibility index (Phi) is 9.13. The Morgan fingerprint density at radius 3 is 2.60 bits per heavy atom. The number of halogens is 2. The third-order valence-electron chi connectivity index (χ3n) is 7.60. The summed E-state index contributed by atoms with van der Waals surface area (Å²) in [4.78, 5) is 50.2. The maximum absolute atomic E-state index is 13.3. The highest BCUT2D eigenvalue weighted by Crippen LogP contribution is 2.39. The Balaban J connectivity index is 1.25. The molecule has 1 aliphatic carbocycles. The molecule has 1 unspecified atom stereocenters. The van der Waals surface area contributed by atoms with Gasteiger partial charge in [-0.2, -0.15) is 8.78 Å². The van der Waals surface area contributed by atoms with Crippen LogP contribution in [0.5, 0.6) is 11.5 Å². The first-order valence-corrected chi connectivity index (χ1v) is 14.1. The van der Waals surface area contributed by atoms with Gasteiger partial charge in [0.1, 0.15) is 17.6 Å².